The number of hydrogen-bond acceptors (Lipinski definition) is 4. The number of carbonyl (C=O) groups is 2. The standard InChI is InChI=1S/C21H23N3O3/c25-19(14-27-17-6-2-1-3-7-17)24-10-8-21(15-24)11-18(21)20(26)23-13-16-5-4-9-22-12-16/h1-7,9,12,18H,8,10-11,13-15H2,(H,23,26)/t18-,21+/m1/s1. The van der Waals surface area contributed by atoms with Crippen LogP contribution < -0.4 is 10.1 Å². The maximum atomic E-state index is 12.5. The molecule has 1 aromatic heterocycles. The highest BCUT2D eigenvalue weighted by atomic mass is 16.5. The van der Waals surface area contributed by atoms with Crippen molar-refractivity contribution < 1.29 is 14.3 Å². The molecule has 2 aliphatic rings. The van der Waals surface area contributed by atoms with Crippen molar-refractivity contribution in [3.63, 3.8) is 0 Å². The summed E-state index contributed by atoms with van der Waals surface area (Å²) in [6.45, 7) is 1.88. The minimum Gasteiger partial charge on any atom is -0.484 e. The molecule has 6 heteroatoms. The molecule has 2 heterocycles. The first-order chi connectivity index (χ1) is 13.2. The molecule has 1 aliphatic carbocycles. The van der Waals surface area contributed by atoms with Gasteiger partial charge in [0.05, 0.1) is 0 Å². The maximum absolute atomic E-state index is 12.5. The summed E-state index contributed by atoms with van der Waals surface area (Å²) >= 11 is 0. The fourth-order valence-electron chi connectivity index (χ4n) is 3.85. The predicted molar refractivity (Wildman–Crippen MR) is 99.8 cm³/mol. The molecule has 1 aromatic carbocycles. The highest BCUT2D eigenvalue weighted by Crippen LogP contribution is 2.58. The van der Waals surface area contributed by atoms with E-state index in [0.717, 1.165) is 18.4 Å². The van der Waals surface area contributed by atoms with Crippen molar-refractivity contribution in [2.24, 2.45) is 11.3 Å². The molecule has 0 bridgehead atoms. The highest BCUT2D eigenvalue weighted by Gasteiger charge is 2.61. The molecule has 2 fully saturated rings. The van der Waals surface area contributed by atoms with E-state index in [4.69, 9.17) is 4.74 Å². The zero-order valence-electron chi connectivity index (χ0n) is 15.1. The number of para-hydroxylation sites is 1. The summed E-state index contributed by atoms with van der Waals surface area (Å²) < 4.78 is 5.55. The molecule has 27 heavy (non-hydrogen) atoms. The second-order valence-corrected chi connectivity index (χ2v) is 7.37. The Bertz CT molecular complexity index is 756. The third-order valence-electron chi connectivity index (χ3n) is 5.54. The minimum absolute atomic E-state index is 0.00186. The largest absolute Gasteiger partial charge is 0.484 e. The van der Waals surface area contributed by atoms with Crippen LogP contribution in [0.3, 0.4) is 0 Å². The van der Waals surface area contributed by atoms with E-state index < -0.39 is 0 Å². The average molecular weight is 365 g/mol. The molecule has 2 amide bonds. The molecule has 4 rings (SSSR count). The molecule has 2 aromatic rings. The van der Waals surface area contributed by atoms with Crippen molar-refractivity contribution in [2.45, 2.75) is 19.4 Å². The van der Waals surface area contributed by atoms with Crippen molar-refractivity contribution in [3.05, 3.63) is 60.4 Å². The number of pyridine rings is 1. The van der Waals surface area contributed by atoms with Gasteiger partial charge in [-0.3, -0.25) is 14.6 Å². The number of nitrogens with one attached hydrogen (secondary N) is 1. The molecule has 1 saturated heterocycles. The lowest BCUT2D eigenvalue weighted by Gasteiger charge is -2.17. The molecular formula is C21H23N3O3. The fraction of sp³-hybridized carbons (Fsp3) is 0.381. The summed E-state index contributed by atoms with van der Waals surface area (Å²) in [5.41, 5.74) is 0.948. The SMILES string of the molecule is O=C(NCc1cccnc1)[C@H]1C[C@]12CCN(C(=O)COc1ccccc1)C2. The number of carbonyl (C=O) groups excluding carboxylic acids is 2. The normalized spacial score (nSPS) is 23.3. The van der Waals surface area contributed by atoms with E-state index >= 15 is 0 Å². The van der Waals surface area contributed by atoms with Crippen LogP contribution in [0.2, 0.25) is 0 Å². The van der Waals surface area contributed by atoms with E-state index in [2.05, 4.69) is 10.3 Å². The molecule has 1 spiro atoms. The van der Waals surface area contributed by atoms with Crippen LogP contribution in [0.5, 0.6) is 5.75 Å². The topological polar surface area (TPSA) is 71.5 Å². The predicted octanol–water partition coefficient (Wildman–Crippen LogP) is 2.02. The summed E-state index contributed by atoms with van der Waals surface area (Å²) in [6.07, 6.45) is 5.21. The van der Waals surface area contributed by atoms with Crippen LogP contribution in [0.1, 0.15) is 18.4 Å². The molecule has 6 nitrogen and oxygen atoms in total. The molecule has 0 radical (unpaired) electrons. The van der Waals surface area contributed by atoms with E-state index in [1.165, 1.54) is 0 Å². The van der Waals surface area contributed by atoms with Gasteiger partial charge >= 0.3 is 0 Å². The van der Waals surface area contributed by atoms with Crippen LogP contribution in [0.25, 0.3) is 0 Å². The van der Waals surface area contributed by atoms with Gasteiger partial charge in [0.25, 0.3) is 5.91 Å². The number of ether oxygens (including phenoxy) is 1. The summed E-state index contributed by atoms with van der Waals surface area (Å²) in [5, 5.41) is 3.00. The second kappa shape index (κ2) is 7.39. The number of amides is 2. The molecule has 1 saturated carbocycles. The van der Waals surface area contributed by atoms with Gasteiger partial charge in [0.1, 0.15) is 5.75 Å². The molecule has 140 valence electrons. The third-order valence-corrected chi connectivity index (χ3v) is 5.54. The zero-order chi connectivity index (χ0) is 18.7. The lowest BCUT2D eigenvalue weighted by atomic mass is 10.0. The first-order valence-corrected chi connectivity index (χ1v) is 9.29. The Balaban J connectivity index is 1.24. The summed E-state index contributed by atoms with van der Waals surface area (Å²) in [6, 6.07) is 13.1. The van der Waals surface area contributed by atoms with E-state index in [-0.39, 0.29) is 29.8 Å². The van der Waals surface area contributed by atoms with Gasteiger partial charge in [-0.25, -0.2) is 0 Å². The van der Waals surface area contributed by atoms with Crippen molar-refractivity contribution in [3.8, 4) is 5.75 Å². The second-order valence-electron chi connectivity index (χ2n) is 7.37. The van der Waals surface area contributed by atoms with Crippen molar-refractivity contribution in [1.29, 1.82) is 0 Å². The van der Waals surface area contributed by atoms with Crippen LogP contribution in [0, 0.1) is 11.3 Å². The maximum Gasteiger partial charge on any atom is 0.260 e. The van der Waals surface area contributed by atoms with Gasteiger partial charge in [-0.15, -0.1) is 0 Å². The Kier molecular flexibility index (Phi) is 4.79. The molecule has 2 atom stereocenters. The molecule has 1 N–H and O–H groups in total. The number of likely N-dealkylation sites (tertiary alicyclic amines) is 1. The highest BCUT2D eigenvalue weighted by molar-refractivity contribution is 5.83. The van der Waals surface area contributed by atoms with Gasteiger partial charge < -0.3 is 15.0 Å². The lowest BCUT2D eigenvalue weighted by Crippen LogP contribution is -2.34. The Morgan fingerprint density at radius 3 is 2.85 bits per heavy atom. The third kappa shape index (κ3) is 3.94. The van der Waals surface area contributed by atoms with Gasteiger partial charge in [0, 0.05) is 43.4 Å². The summed E-state index contributed by atoms with van der Waals surface area (Å²) in [5.74, 6) is 0.756. The van der Waals surface area contributed by atoms with Crippen molar-refractivity contribution in [1.82, 2.24) is 15.2 Å². The first kappa shape index (κ1) is 17.5. The quantitative estimate of drug-likeness (QED) is 0.850. The number of nitrogens with zero attached hydrogens (tertiary/aromatic N) is 2. The van der Waals surface area contributed by atoms with E-state index in [1.54, 1.807) is 12.4 Å². The Hall–Kier alpha value is -2.89. The van der Waals surface area contributed by atoms with Crippen molar-refractivity contribution in [2.75, 3.05) is 19.7 Å². The lowest BCUT2D eigenvalue weighted by molar-refractivity contribution is -0.132. The average Bonchev–Trinajstić information content (AvgIpc) is 3.25. The fourth-order valence-corrected chi connectivity index (χ4v) is 3.85. The van der Waals surface area contributed by atoms with Crippen LogP contribution in [0.4, 0.5) is 0 Å². The van der Waals surface area contributed by atoms with Crippen molar-refractivity contribution >= 4 is 11.8 Å². The van der Waals surface area contributed by atoms with Gasteiger partial charge in [0.2, 0.25) is 5.91 Å². The number of rotatable bonds is 6. The van der Waals surface area contributed by atoms with Gasteiger partial charge in [-0.1, -0.05) is 24.3 Å². The van der Waals surface area contributed by atoms with E-state index in [0.29, 0.717) is 25.4 Å². The Morgan fingerprint density at radius 1 is 1.22 bits per heavy atom. The van der Waals surface area contributed by atoms with Gasteiger partial charge in [-0.05, 0) is 36.6 Å². The van der Waals surface area contributed by atoms with E-state index in [1.807, 2.05) is 47.4 Å². The van der Waals surface area contributed by atoms with Gasteiger partial charge in [0.15, 0.2) is 6.61 Å². The number of aromatic nitrogens is 1. The van der Waals surface area contributed by atoms with Crippen LogP contribution in [-0.4, -0.2) is 41.4 Å². The number of hydrogen-bond donors (Lipinski definition) is 1. The summed E-state index contributed by atoms with van der Waals surface area (Å²) in [7, 11) is 0. The van der Waals surface area contributed by atoms with Gasteiger partial charge in [-0.2, -0.15) is 0 Å². The van der Waals surface area contributed by atoms with Crippen LogP contribution >= 0.6 is 0 Å². The smallest absolute Gasteiger partial charge is 0.260 e. The van der Waals surface area contributed by atoms with Crippen LogP contribution in [-0.2, 0) is 16.1 Å². The monoisotopic (exact) mass is 365 g/mol. The summed E-state index contributed by atoms with van der Waals surface area (Å²) in [4.78, 5) is 30.8. The molecule has 1 aliphatic heterocycles. The van der Waals surface area contributed by atoms with Crippen LogP contribution in [0.15, 0.2) is 54.9 Å². The van der Waals surface area contributed by atoms with E-state index in [9.17, 15) is 9.59 Å². The number of benzene rings is 1. The molecular weight excluding hydrogens is 342 g/mol. The zero-order valence-corrected chi connectivity index (χ0v) is 15.1. The Morgan fingerprint density at radius 2 is 2.07 bits per heavy atom. The molecule has 0 unspecified atom stereocenters. The first-order valence-electron chi connectivity index (χ1n) is 9.29. The minimum atomic E-state index is -0.0402. The Labute approximate surface area is 158 Å².